The molecule has 1 saturated carbocycles. The number of hydrazone groups is 1. The highest BCUT2D eigenvalue weighted by atomic mass is 16.5. The Hall–Kier alpha value is -3.23. The van der Waals surface area contributed by atoms with Crippen molar-refractivity contribution in [1.29, 1.82) is 0 Å². The average Bonchev–Trinajstić information content (AvgIpc) is 3.67. The lowest BCUT2D eigenvalue weighted by Crippen LogP contribution is -2.47. The van der Waals surface area contributed by atoms with Gasteiger partial charge in [0.1, 0.15) is 12.3 Å². The van der Waals surface area contributed by atoms with Crippen molar-refractivity contribution in [2.24, 2.45) is 11.0 Å². The lowest BCUT2D eigenvalue weighted by molar-refractivity contribution is -0.144. The van der Waals surface area contributed by atoms with Crippen LogP contribution in [-0.2, 0) is 14.3 Å². The van der Waals surface area contributed by atoms with Crippen LogP contribution in [0.1, 0.15) is 54.8 Å². The van der Waals surface area contributed by atoms with Gasteiger partial charge in [-0.1, -0.05) is 54.8 Å². The number of methoxy groups -OCH3 is 1. The van der Waals surface area contributed by atoms with Gasteiger partial charge in [0, 0.05) is 44.1 Å². The molecule has 8 nitrogen and oxygen atoms in total. The van der Waals surface area contributed by atoms with E-state index in [-0.39, 0.29) is 30.3 Å². The van der Waals surface area contributed by atoms with Crippen LogP contribution in [0.4, 0.5) is 0 Å². The van der Waals surface area contributed by atoms with Crippen molar-refractivity contribution < 1.29 is 19.1 Å². The molecular weight excluding hydrogens is 492 g/mol. The second-order valence-electron chi connectivity index (χ2n) is 10.8. The third kappa shape index (κ3) is 6.68. The quantitative estimate of drug-likeness (QED) is 0.488. The summed E-state index contributed by atoms with van der Waals surface area (Å²) in [5.41, 5.74) is 3.99. The summed E-state index contributed by atoms with van der Waals surface area (Å²) in [6, 6.07) is 15.9. The first kappa shape index (κ1) is 27.3. The molecule has 2 aliphatic heterocycles. The number of hydrogen-bond donors (Lipinski definition) is 0. The molecular formula is C31H40N4O4. The van der Waals surface area contributed by atoms with Gasteiger partial charge in [0.2, 0.25) is 5.91 Å². The fraction of sp³-hybridized carbons (Fsp3) is 0.516. The van der Waals surface area contributed by atoms with Crippen molar-refractivity contribution in [2.45, 2.75) is 45.1 Å². The third-order valence-electron chi connectivity index (χ3n) is 8.16. The predicted octanol–water partition coefficient (Wildman–Crippen LogP) is 4.03. The molecule has 2 heterocycles. The minimum absolute atomic E-state index is 0.0183. The third-order valence-corrected chi connectivity index (χ3v) is 8.16. The Morgan fingerprint density at radius 3 is 2.54 bits per heavy atom. The summed E-state index contributed by atoms with van der Waals surface area (Å²) in [5, 5.41) is 6.47. The molecule has 39 heavy (non-hydrogen) atoms. The summed E-state index contributed by atoms with van der Waals surface area (Å²) < 4.78 is 10.9. The first-order valence-corrected chi connectivity index (χ1v) is 14.2. The van der Waals surface area contributed by atoms with Gasteiger partial charge in [-0.3, -0.25) is 14.5 Å². The number of hydrogen-bond acceptors (Lipinski definition) is 6. The van der Waals surface area contributed by atoms with Gasteiger partial charge in [0.05, 0.1) is 32.1 Å². The van der Waals surface area contributed by atoms with Crippen LogP contribution in [0, 0.1) is 12.8 Å². The molecule has 1 atom stereocenters. The Morgan fingerprint density at radius 2 is 1.82 bits per heavy atom. The van der Waals surface area contributed by atoms with E-state index in [0.717, 1.165) is 67.9 Å². The molecule has 0 unspecified atom stereocenters. The van der Waals surface area contributed by atoms with E-state index in [4.69, 9.17) is 14.6 Å². The van der Waals surface area contributed by atoms with Crippen molar-refractivity contribution in [3.8, 4) is 5.75 Å². The molecule has 0 aromatic heterocycles. The number of aryl methyl sites for hydroxylation is 1. The summed E-state index contributed by atoms with van der Waals surface area (Å²) >= 11 is 0. The molecule has 3 aliphatic rings. The van der Waals surface area contributed by atoms with Crippen LogP contribution in [0.2, 0.25) is 0 Å². The average molecular weight is 533 g/mol. The van der Waals surface area contributed by atoms with E-state index in [1.807, 2.05) is 24.3 Å². The fourth-order valence-electron chi connectivity index (χ4n) is 5.79. The number of ether oxygens (including phenoxy) is 2. The molecule has 0 bridgehead atoms. The molecule has 2 aromatic carbocycles. The van der Waals surface area contributed by atoms with E-state index >= 15 is 0 Å². The molecule has 0 spiro atoms. The maximum absolute atomic E-state index is 13.9. The molecule has 8 heteroatoms. The second-order valence-corrected chi connectivity index (χ2v) is 10.8. The molecule has 0 N–H and O–H groups in total. The van der Waals surface area contributed by atoms with Gasteiger partial charge < -0.3 is 14.4 Å². The maximum Gasteiger partial charge on any atom is 0.262 e. The number of rotatable bonds is 9. The van der Waals surface area contributed by atoms with Crippen LogP contribution in [0.25, 0.3) is 0 Å². The van der Waals surface area contributed by atoms with Gasteiger partial charge in [-0.15, -0.1) is 0 Å². The molecule has 1 saturated heterocycles. The first-order chi connectivity index (χ1) is 19.0. The Balaban J connectivity index is 1.38. The van der Waals surface area contributed by atoms with Crippen LogP contribution in [0.3, 0.4) is 0 Å². The topological polar surface area (TPSA) is 74.7 Å². The van der Waals surface area contributed by atoms with E-state index in [9.17, 15) is 9.59 Å². The normalized spacial score (nSPS) is 20.2. The zero-order chi connectivity index (χ0) is 27.2. The number of nitrogens with zero attached hydrogens (tertiary/aromatic N) is 4. The van der Waals surface area contributed by atoms with Crippen LogP contribution >= 0.6 is 0 Å². The van der Waals surface area contributed by atoms with Gasteiger partial charge in [-0.05, 0) is 37.5 Å². The maximum atomic E-state index is 13.9. The summed E-state index contributed by atoms with van der Waals surface area (Å²) in [4.78, 5) is 31.6. The molecule has 1 aliphatic carbocycles. The SMILES string of the molecule is COc1cccc(C2=NN(C(=O)CN(CCN3CCOCC3)C(=O)C3CCCC3)[C@@H](c3ccc(C)cc3)C2)c1. The lowest BCUT2D eigenvalue weighted by Gasteiger charge is -2.32. The van der Waals surface area contributed by atoms with E-state index in [1.54, 1.807) is 17.0 Å². The lowest BCUT2D eigenvalue weighted by atomic mass is 9.97. The Labute approximate surface area is 231 Å². The van der Waals surface area contributed by atoms with Gasteiger partial charge >= 0.3 is 0 Å². The van der Waals surface area contributed by atoms with Crippen LogP contribution in [0.5, 0.6) is 5.75 Å². The van der Waals surface area contributed by atoms with E-state index in [1.165, 1.54) is 5.56 Å². The molecule has 5 rings (SSSR count). The van der Waals surface area contributed by atoms with E-state index < -0.39 is 0 Å². The van der Waals surface area contributed by atoms with Crippen molar-refractivity contribution in [1.82, 2.24) is 14.8 Å². The highest BCUT2D eigenvalue weighted by Crippen LogP contribution is 2.34. The van der Waals surface area contributed by atoms with Crippen LogP contribution in [-0.4, -0.2) is 85.4 Å². The van der Waals surface area contributed by atoms with E-state index in [2.05, 4.69) is 36.1 Å². The van der Waals surface area contributed by atoms with E-state index in [0.29, 0.717) is 26.2 Å². The van der Waals surface area contributed by atoms with Crippen LogP contribution in [0.15, 0.2) is 53.6 Å². The van der Waals surface area contributed by atoms with Crippen molar-refractivity contribution in [3.63, 3.8) is 0 Å². The predicted molar refractivity (Wildman–Crippen MR) is 151 cm³/mol. The fourth-order valence-corrected chi connectivity index (χ4v) is 5.79. The highest BCUT2D eigenvalue weighted by molar-refractivity contribution is 6.03. The second kappa shape index (κ2) is 12.7. The number of amides is 2. The number of carbonyl (C=O) groups is 2. The van der Waals surface area contributed by atoms with Crippen molar-refractivity contribution in [3.05, 3.63) is 65.2 Å². The smallest absolute Gasteiger partial charge is 0.262 e. The van der Waals surface area contributed by atoms with Crippen molar-refractivity contribution >= 4 is 17.5 Å². The summed E-state index contributed by atoms with van der Waals surface area (Å²) in [7, 11) is 1.65. The van der Waals surface area contributed by atoms with Crippen molar-refractivity contribution in [2.75, 3.05) is 53.0 Å². The number of morpholine rings is 1. The number of carbonyl (C=O) groups excluding carboxylic acids is 2. The molecule has 208 valence electrons. The Bertz CT molecular complexity index is 1170. The van der Waals surface area contributed by atoms with Gasteiger partial charge in [-0.25, -0.2) is 5.01 Å². The molecule has 2 fully saturated rings. The molecule has 2 aromatic rings. The van der Waals surface area contributed by atoms with Gasteiger partial charge in [0.25, 0.3) is 5.91 Å². The monoisotopic (exact) mass is 532 g/mol. The zero-order valence-electron chi connectivity index (χ0n) is 23.2. The number of benzene rings is 2. The van der Waals surface area contributed by atoms with Gasteiger partial charge in [0.15, 0.2) is 0 Å². The minimum atomic E-state index is -0.220. The minimum Gasteiger partial charge on any atom is -0.497 e. The summed E-state index contributed by atoms with van der Waals surface area (Å²) in [6.45, 7) is 6.51. The summed E-state index contributed by atoms with van der Waals surface area (Å²) in [6.07, 6.45) is 4.59. The largest absolute Gasteiger partial charge is 0.497 e. The van der Waals surface area contributed by atoms with Gasteiger partial charge in [-0.2, -0.15) is 5.10 Å². The molecule has 0 radical (unpaired) electrons. The Kier molecular flexibility index (Phi) is 8.94. The molecule has 2 amide bonds. The zero-order valence-corrected chi connectivity index (χ0v) is 23.2. The van der Waals surface area contributed by atoms with Crippen LogP contribution < -0.4 is 4.74 Å². The standard InChI is InChI=1S/C31H40N4O4/c1-23-10-12-24(13-11-23)29-21-28(26-8-5-9-27(20-26)38-2)32-35(29)30(36)22-34(31(37)25-6-3-4-7-25)15-14-33-16-18-39-19-17-33/h5,8-13,20,25,29H,3-4,6-7,14-19,21-22H2,1-2H3/t29-/m1/s1. The Morgan fingerprint density at radius 1 is 1.08 bits per heavy atom. The highest BCUT2D eigenvalue weighted by Gasteiger charge is 2.36. The summed E-state index contributed by atoms with van der Waals surface area (Å²) in [5.74, 6) is 0.733. The first-order valence-electron chi connectivity index (χ1n) is 14.2.